The van der Waals surface area contributed by atoms with E-state index in [1.165, 1.54) is 31.4 Å². The number of likely N-dealkylation sites (tertiary alicyclic amines) is 1. The van der Waals surface area contributed by atoms with Crippen LogP contribution in [-0.2, 0) is 6.54 Å². The van der Waals surface area contributed by atoms with Crippen LogP contribution in [0.2, 0.25) is 0 Å². The first-order valence-electron chi connectivity index (χ1n) is 7.14. The fourth-order valence-corrected chi connectivity index (χ4v) is 2.87. The third-order valence-electron chi connectivity index (χ3n) is 3.77. The Kier molecular flexibility index (Phi) is 4.78. The summed E-state index contributed by atoms with van der Waals surface area (Å²) >= 11 is 0. The summed E-state index contributed by atoms with van der Waals surface area (Å²) < 4.78 is 2.05. The van der Waals surface area contributed by atoms with Gasteiger partial charge in [0.2, 0.25) is 0 Å². The summed E-state index contributed by atoms with van der Waals surface area (Å²) in [5, 5.41) is 4.35. The van der Waals surface area contributed by atoms with Crippen molar-refractivity contribution in [3.63, 3.8) is 0 Å². The van der Waals surface area contributed by atoms with Crippen molar-refractivity contribution in [3.05, 3.63) is 18.0 Å². The molecule has 18 heavy (non-hydrogen) atoms. The predicted molar refractivity (Wildman–Crippen MR) is 74.4 cm³/mol. The fourth-order valence-electron chi connectivity index (χ4n) is 2.87. The largest absolute Gasteiger partial charge is 0.328 e. The van der Waals surface area contributed by atoms with Gasteiger partial charge in [0.1, 0.15) is 0 Å². The molecule has 0 aromatic carbocycles. The Bertz CT molecular complexity index is 358. The van der Waals surface area contributed by atoms with Gasteiger partial charge in [-0.25, -0.2) is 0 Å². The van der Waals surface area contributed by atoms with Gasteiger partial charge in [0.25, 0.3) is 0 Å². The summed E-state index contributed by atoms with van der Waals surface area (Å²) in [7, 11) is 0. The second-order valence-electron chi connectivity index (χ2n) is 5.68. The van der Waals surface area contributed by atoms with Crippen molar-refractivity contribution in [2.45, 2.75) is 58.2 Å². The second kappa shape index (κ2) is 6.34. The van der Waals surface area contributed by atoms with E-state index in [2.05, 4.69) is 30.0 Å². The van der Waals surface area contributed by atoms with E-state index >= 15 is 0 Å². The van der Waals surface area contributed by atoms with Gasteiger partial charge in [-0.15, -0.1) is 0 Å². The number of nitrogens with zero attached hydrogens (tertiary/aromatic N) is 3. The van der Waals surface area contributed by atoms with E-state index < -0.39 is 0 Å². The lowest BCUT2D eigenvalue weighted by Gasteiger charge is -2.36. The van der Waals surface area contributed by atoms with Crippen LogP contribution >= 0.6 is 0 Å². The van der Waals surface area contributed by atoms with Crippen molar-refractivity contribution in [1.82, 2.24) is 14.7 Å². The van der Waals surface area contributed by atoms with Crippen LogP contribution in [0.5, 0.6) is 0 Å². The van der Waals surface area contributed by atoms with Gasteiger partial charge in [-0.1, -0.05) is 6.42 Å². The standard InChI is InChI=1S/C14H26N4/c1-12-10-16-18(11-12)8-7-17-6-4-3-5-14(17)9-13(2)15/h10-11,13-14H,3-9,15H2,1-2H3. The molecular formula is C14H26N4. The van der Waals surface area contributed by atoms with Gasteiger partial charge >= 0.3 is 0 Å². The quantitative estimate of drug-likeness (QED) is 0.866. The molecule has 0 radical (unpaired) electrons. The summed E-state index contributed by atoms with van der Waals surface area (Å²) in [4.78, 5) is 2.60. The second-order valence-corrected chi connectivity index (χ2v) is 5.68. The smallest absolute Gasteiger partial charge is 0.0536 e. The predicted octanol–water partition coefficient (Wildman–Crippen LogP) is 1.78. The molecule has 2 rings (SSSR count). The average molecular weight is 250 g/mol. The van der Waals surface area contributed by atoms with Crippen molar-refractivity contribution in [2.24, 2.45) is 5.73 Å². The number of rotatable bonds is 5. The zero-order chi connectivity index (χ0) is 13.0. The summed E-state index contributed by atoms with van der Waals surface area (Å²) in [6, 6.07) is 0.984. The molecule has 2 N–H and O–H groups in total. The van der Waals surface area contributed by atoms with E-state index in [4.69, 9.17) is 5.73 Å². The van der Waals surface area contributed by atoms with Gasteiger partial charge in [-0.3, -0.25) is 9.58 Å². The molecule has 2 atom stereocenters. The van der Waals surface area contributed by atoms with Crippen molar-refractivity contribution < 1.29 is 0 Å². The first-order valence-corrected chi connectivity index (χ1v) is 7.14. The van der Waals surface area contributed by atoms with Crippen molar-refractivity contribution in [3.8, 4) is 0 Å². The van der Waals surface area contributed by atoms with E-state index in [0.29, 0.717) is 12.1 Å². The highest BCUT2D eigenvalue weighted by Crippen LogP contribution is 2.20. The Morgan fingerprint density at radius 2 is 2.28 bits per heavy atom. The molecule has 1 aromatic rings. The maximum atomic E-state index is 5.95. The van der Waals surface area contributed by atoms with Crippen LogP contribution in [0, 0.1) is 6.92 Å². The molecule has 0 aliphatic carbocycles. The summed E-state index contributed by atoms with van der Waals surface area (Å²) in [5.41, 5.74) is 7.19. The highest BCUT2D eigenvalue weighted by Gasteiger charge is 2.22. The van der Waals surface area contributed by atoms with Gasteiger partial charge in [-0.05, 0) is 45.2 Å². The summed E-state index contributed by atoms with van der Waals surface area (Å²) in [6.45, 7) is 7.51. The van der Waals surface area contributed by atoms with Gasteiger partial charge < -0.3 is 5.73 Å². The maximum Gasteiger partial charge on any atom is 0.0536 e. The molecule has 1 fully saturated rings. The Labute approximate surface area is 110 Å². The average Bonchev–Trinajstić information content (AvgIpc) is 2.73. The molecule has 1 aliphatic heterocycles. The Balaban J connectivity index is 1.85. The normalized spacial score (nSPS) is 23.2. The number of hydrogen-bond acceptors (Lipinski definition) is 3. The minimum atomic E-state index is 0.308. The molecule has 0 saturated carbocycles. The van der Waals surface area contributed by atoms with Gasteiger partial charge in [0, 0.05) is 24.8 Å². The minimum absolute atomic E-state index is 0.308. The van der Waals surface area contributed by atoms with Crippen LogP contribution in [0.3, 0.4) is 0 Å². The van der Waals surface area contributed by atoms with Gasteiger partial charge in [-0.2, -0.15) is 5.10 Å². The zero-order valence-electron chi connectivity index (χ0n) is 11.7. The highest BCUT2D eigenvalue weighted by atomic mass is 15.3. The van der Waals surface area contributed by atoms with Gasteiger partial charge in [0.05, 0.1) is 12.7 Å². The lowest BCUT2D eigenvalue weighted by Crippen LogP contribution is -2.43. The lowest BCUT2D eigenvalue weighted by atomic mass is 9.96. The molecule has 102 valence electrons. The molecule has 2 heterocycles. The number of aryl methyl sites for hydroxylation is 1. The summed E-state index contributed by atoms with van der Waals surface area (Å²) in [5.74, 6) is 0. The zero-order valence-corrected chi connectivity index (χ0v) is 11.7. The number of hydrogen-bond donors (Lipinski definition) is 1. The lowest BCUT2D eigenvalue weighted by molar-refractivity contribution is 0.129. The van der Waals surface area contributed by atoms with E-state index in [9.17, 15) is 0 Å². The Morgan fingerprint density at radius 1 is 1.44 bits per heavy atom. The first-order chi connectivity index (χ1) is 8.65. The third-order valence-corrected chi connectivity index (χ3v) is 3.77. The van der Waals surface area contributed by atoms with Crippen LogP contribution in [0.4, 0.5) is 0 Å². The number of aromatic nitrogens is 2. The molecule has 1 aromatic heterocycles. The molecule has 0 amide bonds. The third kappa shape index (κ3) is 3.82. The summed E-state index contributed by atoms with van der Waals surface area (Å²) in [6.07, 6.45) is 9.15. The molecule has 1 saturated heterocycles. The Hall–Kier alpha value is -0.870. The van der Waals surface area contributed by atoms with Crippen LogP contribution in [0.25, 0.3) is 0 Å². The highest BCUT2D eigenvalue weighted by molar-refractivity contribution is 4.99. The van der Waals surface area contributed by atoms with Crippen LogP contribution in [0.1, 0.15) is 38.2 Å². The van der Waals surface area contributed by atoms with E-state index in [1.54, 1.807) is 0 Å². The minimum Gasteiger partial charge on any atom is -0.328 e. The molecular weight excluding hydrogens is 224 g/mol. The topological polar surface area (TPSA) is 47.1 Å². The monoisotopic (exact) mass is 250 g/mol. The van der Waals surface area contributed by atoms with Crippen molar-refractivity contribution >= 4 is 0 Å². The van der Waals surface area contributed by atoms with E-state index in [-0.39, 0.29) is 0 Å². The molecule has 1 aliphatic rings. The Morgan fingerprint density at radius 3 is 2.94 bits per heavy atom. The number of nitrogens with two attached hydrogens (primary N) is 1. The SMILES string of the molecule is Cc1cnn(CCN2CCCCC2CC(C)N)c1. The van der Waals surface area contributed by atoms with Crippen LogP contribution in [0.15, 0.2) is 12.4 Å². The van der Waals surface area contributed by atoms with Gasteiger partial charge in [0.15, 0.2) is 0 Å². The van der Waals surface area contributed by atoms with Crippen LogP contribution < -0.4 is 5.73 Å². The fraction of sp³-hybridized carbons (Fsp3) is 0.786. The van der Waals surface area contributed by atoms with Crippen molar-refractivity contribution in [1.29, 1.82) is 0 Å². The molecule has 2 unspecified atom stereocenters. The maximum absolute atomic E-state index is 5.95. The van der Waals surface area contributed by atoms with E-state index in [1.807, 2.05) is 10.9 Å². The molecule has 0 bridgehead atoms. The van der Waals surface area contributed by atoms with E-state index in [0.717, 1.165) is 19.5 Å². The first kappa shape index (κ1) is 13.6. The van der Waals surface area contributed by atoms with Crippen LogP contribution in [-0.4, -0.2) is 39.9 Å². The molecule has 4 heteroatoms. The molecule has 4 nitrogen and oxygen atoms in total. The number of piperidine rings is 1. The molecule has 0 spiro atoms. The van der Waals surface area contributed by atoms with Crippen molar-refractivity contribution in [2.75, 3.05) is 13.1 Å².